The summed E-state index contributed by atoms with van der Waals surface area (Å²) in [6.45, 7) is 4.25. The van der Waals surface area contributed by atoms with Crippen LogP contribution >= 0.6 is 11.3 Å². The van der Waals surface area contributed by atoms with E-state index in [1.165, 1.54) is 23.6 Å². The van der Waals surface area contributed by atoms with Crippen molar-refractivity contribution in [3.8, 4) is 16.3 Å². The summed E-state index contributed by atoms with van der Waals surface area (Å²) in [5.74, 6) is -1.21. The predicted octanol–water partition coefficient (Wildman–Crippen LogP) is 5.03. The lowest BCUT2D eigenvalue weighted by Gasteiger charge is -2.21. The SMILES string of the molecule is CC(C)(C)CC[C@H](CNCc1ccc(-c2ncccc2OC(F)F)s1)C(=O)O. The van der Waals surface area contributed by atoms with Gasteiger partial charge in [0.25, 0.3) is 0 Å². The van der Waals surface area contributed by atoms with Crippen molar-refractivity contribution >= 4 is 17.3 Å². The van der Waals surface area contributed by atoms with Gasteiger partial charge in [0, 0.05) is 24.2 Å². The number of hydrogen-bond donors (Lipinski definition) is 2. The molecular formula is C20H26F2N2O3S. The number of thiophene rings is 1. The summed E-state index contributed by atoms with van der Waals surface area (Å²) < 4.78 is 29.7. The first-order valence-electron chi connectivity index (χ1n) is 9.08. The van der Waals surface area contributed by atoms with Crippen LogP contribution in [0.3, 0.4) is 0 Å². The van der Waals surface area contributed by atoms with E-state index in [-0.39, 0.29) is 11.2 Å². The number of carbonyl (C=O) groups is 1. The molecule has 2 aromatic rings. The number of carboxylic acid groups (broad SMARTS) is 1. The zero-order valence-electron chi connectivity index (χ0n) is 16.2. The molecule has 0 aliphatic heterocycles. The van der Waals surface area contributed by atoms with Crippen molar-refractivity contribution in [2.75, 3.05) is 6.54 Å². The van der Waals surface area contributed by atoms with Crippen LogP contribution in [0, 0.1) is 11.3 Å². The Morgan fingerprint density at radius 3 is 2.71 bits per heavy atom. The van der Waals surface area contributed by atoms with E-state index in [9.17, 15) is 18.7 Å². The van der Waals surface area contributed by atoms with Gasteiger partial charge in [-0.3, -0.25) is 9.78 Å². The van der Waals surface area contributed by atoms with Crippen LogP contribution in [-0.4, -0.2) is 29.2 Å². The number of aliphatic carboxylic acids is 1. The zero-order chi connectivity index (χ0) is 20.7. The lowest BCUT2D eigenvalue weighted by molar-refractivity contribution is -0.142. The van der Waals surface area contributed by atoms with E-state index in [2.05, 4.69) is 35.8 Å². The number of ether oxygens (including phenoxy) is 1. The molecule has 28 heavy (non-hydrogen) atoms. The maximum Gasteiger partial charge on any atom is 0.387 e. The fraction of sp³-hybridized carbons (Fsp3) is 0.500. The number of pyridine rings is 1. The van der Waals surface area contributed by atoms with Crippen LogP contribution in [0.25, 0.3) is 10.6 Å². The second-order valence-electron chi connectivity index (χ2n) is 7.76. The average Bonchev–Trinajstić information content (AvgIpc) is 3.05. The number of nitrogens with zero attached hydrogens (tertiary/aromatic N) is 1. The summed E-state index contributed by atoms with van der Waals surface area (Å²) in [4.78, 5) is 17.3. The number of rotatable bonds is 10. The van der Waals surface area contributed by atoms with Gasteiger partial charge in [-0.1, -0.05) is 20.8 Å². The maximum absolute atomic E-state index is 12.6. The van der Waals surface area contributed by atoms with Gasteiger partial charge in [-0.2, -0.15) is 8.78 Å². The van der Waals surface area contributed by atoms with Crippen molar-refractivity contribution in [2.24, 2.45) is 11.3 Å². The van der Waals surface area contributed by atoms with Crippen molar-refractivity contribution in [3.05, 3.63) is 35.3 Å². The molecule has 0 aliphatic rings. The second kappa shape index (κ2) is 9.93. The monoisotopic (exact) mass is 412 g/mol. The molecule has 8 heteroatoms. The first-order valence-corrected chi connectivity index (χ1v) is 9.90. The van der Waals surface area contributed by atoms with Crippen LogP contribution in [0.15, 0.2) is 30.5 Å². The number of hydrogen-bond acceptors (Lipinski definition) is 5. The highest BCUT2D eigenvalue weighted by atomic mass is 32.1. The summed E-state index contributed by atoms with van der Waals surface area (Å²) >= 11 is 1.41. The van der Waals surface area contributed by atoms with Gasteiger partial charge in [0.05, 0.1) is 10.8 Å². The van der Waals surface area contributed by atoms with Gasteiger partial charge in [-0.05, 0) is 42.5 Å². The molecule has 0 spiro atoms. The second-order valence-corrected chi connectivity index (χ2v) is 8.93. The molecule has 0 aliphatic carbocycles. The molecule has 0 radical (unpaired) electrons. The Bertz CT molecular complexity index is 775. The fourth-order valence-corrected chi connectivity index (χ4v) is 3.64. The van der Waals surface area contributed by atoms with E-state index < -0.39 is 18.5 Å². The Labute approximate surface area is 167 Å². The Morgan fingerprint density at radius 2 is 2.07 bits per heavy atom. The minimum atomic E-state index is -2.91. The van der Waals surface area contributed by atoms with E-state index in [0.29, 0.717) is 25.2 Å². The Kier molecular flexibility index (Phi) is 7.88. The highest BCUT2D eigenvalue weighted by molar-refractivity contribution is 7.15. The summed E-state index contributed by atoms with van der Waals surface area (Å²) in [5.41, 5.74) is 0.462. The van der Waals surface area contributed by atoms with E-state index in [0.717, 1.165) is 16.2 Å². The van der Waals surface area contributed by atoms with Gasteiger partial charge < -0.3 is 15.2 Å². The third-order valence-electron chi connectivity index (χ3n) is 4.16. The third-order valence-corrected chi connectivity index (χ3v) is 5.26. The average molecular weight is 413 g/mol. The van der Waals surface area contributed by atoms with E-state index in [1.54, 1.807) is 12.1 Å². The van der Waals surface area contributed by atoms with Crippen LogP contribution in [0.4, 0.5) is 8.78 Å². The molecule has 154 valence electrons. The first-order chi connectivity index (χ1) is 13.2. The summed E-state index contributed by atoms with van der Waals surface area (Å²) in [6, 6.07) is 6.68. The standard InChI is InChI=1S/C20H26F2N2O3S/c1-20(2,3)9-8-13(18(25)26)11-23-12-14-6-7-16(28-14)17-15(27-19(21)22)5-4-10-24-17/h4-7,10,13,19,23H,8-9,11-12H2,1-3H3,(H,25,26)/t13-/m1/s1. The number of aromatic nitrogens is 1. The zero-order valence-corrected chi connectivity index (χ0v) is 17.1. The number of alkyl halides is 2. The Balaban J connectivity index is 1.95. The number of nitrogens with one attached hydrogen (secondary N) is 1. The molecule has 0 amide bonds. The Hall–Kier alpha value is -2.06. The molecule has 0 saturated heterocycles. The normalized spacial score (nSPS) is 12.9. The maximum atomic E-state index is 12.6. The van der Waals surface area contributed by atoms with E-state index in [1.807, 2.05) is 6.07 Å². The lowest BCUT2D eigenvalue weighted by Crippen LogP contribution is -2.29. The first kappa shape index (κ1) is 22.2. The van der Waals surface area contributed by atoms with Gasteiger partial charge in [0.15, 0.2) is 5.75 Å². The fourth-order valence-electron chi connectivity index (χ4n) is 2.66. The van der Waals surface area contributed by atoms with E-state index in [4.69, 9.17) is 0 Å². The van der Waals surface area contributed by atoms with Crippen LogP contribution in [0.2, 0.25) is 0 Å². The summed E-state index contributed by atoms with van der Waals surface area (Å²) in [6.07, 6.45) is 2.98. The van der Waals surface area contributed by atoms with Gasteiger partial charge in [0.2, 0.25) is 0 Å². The quantitative estimate of drug-likeness (QED) is 0.573. The molecule has 0 bridgehead atoms. The van der Waals surface area contributed by atoms with Crippen molar-refractivity contribution in [3.63, 3.8) is 0 Å². The highest BCUT2D eigenvalue weighted by Crippen LogP contribution is 2.34. The predicted molar refractivity (Wildman–Crippen MR) is 106 cm³/mol. The van der Waals surface area contributed by atoms with Gasteiger partial charge in [0.1, 0.15) is 5.69 Å². The van der Waals surface area contributed by atoms with Crippen molar-refractivity contribution in [1.29, 1.82) is 0 Å². The van der Waals surface area contributed by atoms with Gasteiger partial charge in [-0.25, -0.2) is 0 Å². The van der Waals surface area contributed by atoms with Crippen LogP contribution in [0.5, 0.6) is 5.75 Å². The smallest absolute Gasteiger partial charge is 0.387 e. The molecule has 1 atom stereocenters. The topological polar surface area (TPSA) is 71.5 Å². The molecular weight excluding hydrogens is 386 g/mol. The minimum Gasteiger partial charge on any atom is -0.481 e. The molecule has 0 unspecified atom stereocenters. The van der Waals surface area contributed by atoms with Crippen LogP contribution in [0.1, 0.15) is 38.5 Å². The van der Waals surface area contributed by atoms with Crippen LogP contribution in [-0.2, 0) is 11.3 Å². The minimum absolute atomic E-state index is 0.0342. The molecule has 5 nitrogen and oxygen atoms in total. The summed E-state index contributed by atoms with van der Waals surface area (Å²) in [7, 11) is 0. The molecule has 0 fully saturated rings. The molecule has 2 rings (SSSR count). The van der Waals surface area contributed by atoms with Gasteiger partial charge in [-0.15, -0.1) is 11.3 Å². The molecule has 2 heterocycles. The van der Waals surface area contributed by atoms with Crippen LogP contribution < -0.4 is 10.1 Å². The molecule has 2 aromatic heterocycles. The van der Waals surface area contributed by atoms with Crippen molar-refractivity contribution < 1.29 is 23.4 Å². The van der Waals surface area contributed by atoms with E-state index >= 15 is 0 Å². The highest BCUT2D eigenvalue weighted by Gasteiger charge is 2.21. The molecule has 0 aromatic carbocycles. The molecule has 0 saturated carbocycles. The molecule has 2 N–H and O–H groups in total. The Morgan fingerprint density at radius 1 is 1.32 bits per heavy atom. The van der Waals surface area contributed by atoms with Crippen molar-refractivity contribution in [2.45, 2.75) is 46.8 Å². The largest absolute Gasteiger partial charge is 0.481 e. The number of halogens is 2. The third kappa shape index (κ3) is 7.16. The number of carboxylic acids is 1. The van der Waals surface area contributed by atoms with Crippen molar-refractivity contribution in [1.82, 2.24) is 10.3 Å². The lowest BCUT2D eigenvalue weighted by atomic mass is 9.86. The summed E-state index contributed by atoms with van der Waals surface area (Å²) in [5, 5.41) is 12.6. The van der Waals surface area contributed by atoms with Gasteiger partial charge >= 0.3 is 12.6 Å².